The molecular formula is C24H32N4O3. The third-order valence-electron chi connectivity index (χ3n) is 5.16. The van der Waals surface area contributed by atoms with Crippen LogP contribution in [-0.2, 0) is 4.79 Å². The summed E-state index contributed by atoms with van der Waals surface area (Å²) in [6.07, 6.45) is 0.574. The maximum absolute atomic E-state index is 12.4. The van der Waals surface area contributed by atoms with Gasteiger partial charge in [-0.25, -0.2) is 4.79 Å². The molecule has 3 rings (SSSR count). The minimum atomic E-state index is -0.330. The number of piperazine rings is 1. The van der Waals surface area contributed by atoms with E-state index in [0.717, 1.165) is 31.9 Å². The van der Waals surface area contributed by atoms with Gasteiger partial charge in [0.2, 0.25) is 5.91 Å². The van der Waals surface area contributed by atoms with Crippen LogP contribution in [0.3, 0.4) is 0 Å². The van der Waals surface area contributed by atoms with Crippen LogP contribution in [0.1, 0.15) is 27.2 Å². The summed E-state index contributed by atoms with van der Waals surface area (Å²) in [5, 5.41) is 5.63. The number of benzene rings is 2. The minimum Gasteiger partial charge on any atom is -0.495 e. The van der Waals surface area contributed by atoms with Gasteiger partial charge in [0.1, 0.15) is 5.75 Å². The molecule has 0 aliphatic carbocycles. The summed E-state index contributed by atoms with van der Waals surface area (Å²) < 4.78 is 5.25. The van der Waals surface area contributed by atoms with Crippen molar-refractivity contribution in [3.63, 3.8) is 0 Å². The van der Waals surface area contributed by atoms with E-state index in [0.29, 0.717) is 23.5 Å². The van der Waals surface area contributed by atoms with Crippen LogP contribution in [0.5, 0.6) is 5.75 Å². The minimum absolute atomic E-state index is 0.00891. The highest BCUT2D eigenvalue weighted by Crippen LogP contribution is 2.25. The molecule has 0 atom stereocenters. The van der Waals surface area contributed by atoms with Gasteiger partial charge in [-0.2, -0.15) is 0 Å². The second-order valence-electron chi connectivity index (χ2n) is 8.93. The molecule has 1 saturated heterocycles. The van der Waals surface area contributed by atoms with Crippen LogP contribution in [0.2, 0.25) is 0 Å². The van der Waals surface area contributed by atoms with Gasteiger partial charge in [0.05, 0.1) is 12.8 Å². The number of para-hydroxylation sites is 2. The van der Waals surface area contributed by atoms with Crippen molar-refractivity contribution in [1.29, 1.82) is 0 Å². The lowest BCUT2D eigenvalue weighted by molar-refractivity contribution is -0.133. The Morgan fingerprint density at radius 1 is 0.935 bits per heavy atom. The smallest absolute Gasteiger partial charge is 0.323 e. The number of nitrogens with zero attached hydrogens (tertiary/aromatic N) is 2. The molecule has 1 aliphatic heterocycles. The van der Waals surface area contributed by atoms with Crippen molar-refractivity contribution in [3.05, 3.63) is 48.5 Å². The Morgan fingerprint density at radius 3 is 2.19 bits per heavy atom. The van der Waals surface area contributed by atoms with Gasteiger partial charge in [0.25, 0.3) is 0 Å². The molecule has 1 fully saturated rings. The molecular weight excluding hydrogens is 392 g/mol. The standard InChI is InChI=1S/C24H32N4O3/c1-24(2,3)17-22(29)28-15-13-27(14-16-28)19-11-9-18(10-12-19)25-23(30)26-20-7-5-6-8-21(20)31-4/h5-12H,13-17H2,1-4H3,(H2,25,26,30). The maximum Gasteiger partial charge on any atom is 0.323 e. The third kappa shape index (κ3) is 6.38. The predicted octanol–water partition coefficient (Wildman–Crippen LogP) is 4.42. The highest BCUT2D eigenvalue weighted by atomic mass is 16.5. The second-order valence-corrected chi connectivity index (χ2v) is 8.93. The summed E-state index contributed by atoms with van der Waals surface area (Å²) in [6.45, 7) is 9.34. The lowest BCUT2D eigenvalue weighted by Gasteiger charge is -2.37. The molecule has 0 unspecified atom stereocenters. The van der Waals surface area contributed by atoms with Gasteiger partial charge >= 0.3 is 6.03 Å². The number of ether oxygens (including phenoxy) is 1. The molecule has 0 bridgehead atoms. The van der Waals surface area contributed by atoms with E-state index in [1.54, 1.807) is 19.2 Å². The lowest BCUT2D eigenvalue weighted by atomic mass is 9.91. The number of hydrogen-bond acceptors (Lipinski definition) is 4. The molecule has 166 valence electrons. The number of rotatable bonds is 5. The molecule has 2 aromatic rings. The Kier molecular flexibility index (Phi) is 7.05. The summed E-state index contributed by atoms with van der Waals surface area (Å²) in [5.74, 6) is 0.834. The van der Waals surface area contributed by atoms with Crippen LogP contribution in [0.4, 0.5) is 21.9 Å². The number of anilines is 3. The summed E-state index contributed by atoms with van der Waals surface area (Å²) >= 11 is 0. The lowest BCUT2D eigenvalue weighted by Crippen LogP contribution is -2.49. The first kappa shape index (κ1) is 22.5. The van der Waals surface area contributed by atoms with Crippen LogP contribution in [0.15, 0.2) is 48.5 Å². The summed E-state index contributed by atoms with van der Waals surface area (Å²) in [7, 11) is 1.57. The van der Waals surface area contributed by atoms with Gasteiger partial charge in [-0.05, 0) is 41.8 Å². The maximum atomic E-state index is 12.4. The molecule has 0 spiro atoms. The van der Waals surface area contributed by atoms with E-state index in [1.807, 2.05) is 41.3 Å². The number of amides is 3. The van der Waals surface area contributed by atoms with Gasteiger partial charge in [-0.1, -0.05) is 32.9 Å². The van der Waals surface area contributed by atoms with E-state index in [4.69, 9.17) is 4.74 Å². The van der Waals surface area contributed by atoms with E-state index in [1.165, 1.54) is 0 Å². The van der Waals surface area contributed by atoms with E-state index in [9.17, 15) is 9.59 Å². The fourth-order valence-corrected chi connectivity index (χ4v) is 3.57. The molecule has 0 aromatic heterocycles. The van der Waals surface area contributed by atoms with Crippen LogP contribution in [-0.4, -0.2) is 50.1 Å². The van der Waals surface area contributed by atoms with Crippen LogP contribution in [0, 0.1) is 5.41 Å². The summed E-state index contributed by atoms with van der Waals surface area (Å²) in [4.78, 5) is 29.0. The Balaban J connectivity index is 1.51. The van der Waals surface area contributed by atoms with Crippen LogP contribution >= 0.6 is 0 Å². The number of methoxy groups -OCH3 is 1. The van der Waals surface area contributed by atoms with E-state index in [-0.39, 0.29) is 17.4 Å². The summed E-state index contributed by atoms with van der Waals surface area (Å²) in [6, 6.07) is 14.7. The topological polar surface area (TPSA) is 73.9 Å². The number of hydrogen-bond donors (Lipinski definition) is 2. The predicted molar refractivity (Wildman–Crippen MR) is 125 cm³/mol. The molecule has 7 nitrogen and oxygen atoms in total. The fourth-order valence-electron chi connectivity index (χ4n) is 3.57. The Bertz CT molecular complexity index is 898. The van der Waals surface area contributed by atoms with E-state index in [2.05, 4.69) is 36.3 Å². The zero-order chi connectivity index (χ0) is 22.4. The Morgan fingerprint density at radius 2 is 1.58 bits per heavy atom. The van der Waals surface area contributed by atoms with Crippen molar-refractivity contribution in [2.45, 2.75) is 27.2 Å². The van der Waals surface area contributed by atoms with Crippen LogP contribution in [0.25, 0.3) is 0 Å². The van der Waals surface area contributed by atoms with E-state index >= 15 is 0 Å². The Hall–Kier alpha value is -3.22. The highest BCUT2D eigenvalue weighted by molar-refractivity contribution is 6.00. The van der Waals surface area contributed by atoms with Crippen molar-refractivity contribution in [2.24, 2.45) is 5.41 Å². The van der Waals surface area contributed by atoms with E-state index < -0.39 is 0 Å². The van der Waals surface area contributed by atoms with Crippen molar-refractivity contribution in [3.8, 4) is 5.75 Å². The molecule has 3 amide bonds. The van der Waals surface area contributed by atoms with Gasteiger partial charge < -0.3 is 25.2 Å². The Labute approximate surface area is 184 Å². The van der Waals surface area contributed by atoms with Crippen molar-refractivity contribution in [2.75, 3.05) is 48.8 Å². The summed E-state index contributed by atoms with van der Waals surface area (Å²) in [5.41, 5.74) is 2.40. The molecule has 1 heterocycles. The average molecular weight is 425 g/mol. The SMILES string of the molecule is COc1ccccc1NC(=O)Nc1ccc(N2CCN(C(=O)CC(C)(C)C)CC2)cc1. The molecule has 0 radical (unpaired) electrons. The molecule has 2 N–H and O–H groups in total. The van der Waals surface area contributed by atoms with Gasteiger partial charge in [0, 0.05) is 44.0 Å². The van der Waals surface area contributed by atoms with Crippen molar-refractivity contribution < 1.29 is 14.3 Å². The van der Waals surface area contributed by atoms with Gasteiger partial charge in [-0.15, -0.1) is 0 Å². The highest BCUT2D eigenvalue weighted by Gasteiger charge is 2.25. The first-order chi connectivity index (χ1) is 14.7. The molecule has 0 saturated carbocycles. The van der Waals surface area contributed by atoms with Crippen LogP contribution < -0.4 is 20.3 Å². The van der Waals surface area contributed by atoms with Crippen molar-refractivity contribution >= 4 is 29.0 Å². The van der Waals surface area contributed by atoms with Gasteiger partial charge in [-0.3, -0.25) is 4.79 Å². The van der Waals surface area contributed by atoms with Gasteiger partial charge in [0.15, 0.2) is 0 Å². The number of carbonyl (C=O) groups excluding carboxylic acids is 2. The van der Waals surface area contributed by atoms with Crippen molar-refractivity contribution in [1.82, 2.24) is 4.90 Å². The number of nitrogens with one attached hydrogen (secondary N) is 2. The monoisotopic (exact) mass is 424 g/mol. The number of carbonyl (C=O) groups is 2. The fraction of sp³-hybridized carbons (Fsp3) is 0.417. The normalized spacial score (nSPS) is 14.2. The average Bonchev–Trinajstić information content (AvgIpc) is 2.73. The molecule has 7 heteroatoms. The quantitative estimate of drug-likeness (QED) is 0.745. The zero-order valence-corrected chi connectivity index (χ0v) is 18.8. The molecule has 31 heavy (non-hydrogen) atoms. The first-order valence-electron chi connectivity index (χ1n) is 10.6. The molecule has 1 aliphatic rings. The number of urea groups is 1. The zero-order valence-electron chi connectivity index (χ0n) is 18.8. The first-order valence-corrected chi connectivity index (χ1v) is 10.6. The largest absolute Gasteiger partial charge is 0.495 e. The third-order valence-corrected chi connectivity index (χ3v) is 5.16. The molecule has 2 aromatic carbocycles. The second kappa shape index (κ2) is 9.73.